The Morgan fingerprint density at radius 3 is 2.20 bits per heavy atom. The molecule has 4 heteroatoms. The number of halogens is 3. The first-order valence-corrected chi connectivity index (χ1v) is 7.09. The van der Waals surface area contributed by atoms with E-state index in [9.17, 15) is 18.3 Å². The predicted octanol–water partition coefficient (Wildman–Crippen LogP) is 5.13. The van der Waals surface area contributed by atoms with Gasteiger partial charge in [0.15, 0.2) is 0 Å². The summed E-state index contributed by atoms with van der Waals surface area (Å²) in [4.78, 5) is 0. The standard InChI is InChI=1S/C16H23F3O/c1-4-9-15(20,10-8-12(2)3)13-6-5-7-14(11-13)16(17,18)19/h5-7,11-12,20H,4,8-10H2,1-3H3. The summed E-state index contributed by atoms with van der Waals surface area (Å²) >= 11 is 0. The molecule has 1 N–H and O–H groups in total. The fraction of sp³-hybridized carbons (Fsp3) is 0.625. The van der Waals surface area contributed by atoms with E-state index >= 15 is 0 Å². The molecular formula is C16H23F3O. The van der Waals surface area contributed by atoms with E-state index in [0.717, 1.165) is 25.0 Å². The quantitative estimate of drug-likeness (QED) is 0.769. The van der Waals surface area contributed by atoms with E-state index in [1.807, 2.05) is 20.8 Å². The summed E-state index contributed by atoms with van der Waals surface area (Å²) in [6, 6.07) is 5.08. The van der Waals surface area contributed by atoms with Gasteiger partial charge in [0.05, 0.1) is 11.2 Å². The molecule has 1 atom stereocenters. The Labute approximate surface area is 118 Å². The molecule has 0 aliphatic carbocycles. The second kappa shape index (κ2) is 6.61. The summed E-state index contributed by atoms with van der Waals surface area (Å²) in [6.45, 7) is 6.00. The molecule has 0 heterocycles. The second-order valence-corrected chi connectivity index (χ2v) is 5.79. The Kier molecular flexibility index (Phi) is 5.63. The monoisotopic (exact) mass is 288 g/mol. The van der Waals surface area contributed by atoms with Crippen molar-refractivity contribution in [1.29, 1.82) is 0 Å². The van der Waals surface area contributed by atoms with Gasteiger partial charge in [-0.15, -0.1) is 0 Å². The van der Waals surface area contributed by atoms with Crippen LogP contribution >= 0.6 is 0 Å². The van der Waals surface area contributed by atoms with Crippen molar-refractivity contribution >= 4 is 0 Å². The highest BCUT2D eigenvalue weighted by molar-refractivity contribution is 5.30. The molecule has 1 aromatic rings. The lowest BCUT2D eigenvalue weighted by atomic mass is 9.83. The van der Waals surface area contributed by atoms with Crippen molar-refractivity contribution in [2.45, 2.75) is 58.2 Å². The Bertz CT molecular complexity index is 426. The van der Waals surface area contributed by atoms with E-state index < -0.39 is 17.3 Å². The molecule has 114 valence electrons. The summed E-state index contributed by atoms with van der Waals surface area (Å²) in [5, 5.41) is 10.8. The van der Waals surface area contributed by atoms with Crippen LogP contribution in [0.25, 0.3) is 0 Å². The minimum atomic E-state index is -4.37. The first kappa shape index (κ1) is 17.0. The van der Waals surface area contributed by atoms with Gasteiger partial charge in [-0.25, -0.2) is 0 Å². The summed E-state index contributed by atoms with van der Waals surface area (Å²) in [5.41, 5.74) is -1.50. The topological polar surface area (TPSA) is 20.2 Å². The van der Waals surface area contributed by atoms with Gasteiger partial charge in [0.1, 0.15) is 0 Å². The van der Waals surface area contributed by atoms with E-state index in [1.165, 1.54) is 6.07 Å². The number of rotatable bonds is 6. The number of hydrogen-bond acceptors (Lipinski definition) is 1. The van der Waals surface area contributed by atoms with Crippen LogP contribution in [0, 0.1) is 5.92 Å². The number of hydrogen-bond donors (Lipinski definition) is 1. The van der Waals surface area contributed by atoms with Crippen molar-refractivity contribution in [1.82, 2.24) is 0 Å². The van der Waals surface area contributed by atoms with E-state index in [-0.39, 0.29) is 0 Å². The van der Waals surface area contributed by atoms with Gasteiger partial charge >= 0.3 is 6.18 Å². The van der Waals surface area contributed by atoms with Crippen molar-refractivity contribution < 1.29 is 18.3 Å². The molecule has 20 heavy (non-hydrogen) atoms. The van der Waals surface area contributed by atoms with Crippen molar-refractivity contribution in [3.05, 3.63) is 35.4 Å². The molecule has 0 saturated carbocycles. The molecule has 0 amide bonds. The maximum atomic E-state index is 12.8. The van der Waals surface area contributed by atoms with Gasteiger partial charge < -0.3 is 5.11 Å². The van der Waals surface area contributed by atoms with Gasteiger partial charge in [-0.1, -0.05) is 39.3 Å². The lowest BCUT2D eigenvalue weighted by Gasteiger charge is -2.30. The maximum Gasteiger partial charge on any atom is 0.416 e. The zero-order chi connectivity index (χ0) is 15.4. The molecular weight excluding hydrogens is 265 g/mol. The highest BCUT2D eigenvalue weighted by Gasteiger charge is 2.34. The third kappa shape index (κ3) is 4.51. The molecule has 0 aromatic heterocycles. The highest BCUT2D eigenvalue weighted by Crippen LogP contribution is 2.36. The van der Waals surface area contributed by atoms with Crippen LogP contribution in [-0.4, -0.2) is 5.11 Å². The normalized spacial score (nSPS) is 15.4. The van der Waals surface area contributed by atoms with E-state index in [2.05, 4.69) is 0 Å². The molecule has 1 unspecified atom stereocenters. The zero-order valence-electron chi connectivity index (χ0n) is 12.3. The van der Waals surface area contributed by atoms with Crippen molar-refractivity contribution in [2.75, 3.05) is 0 Å². The fourth-order valence-electron chi connectivity index (χ4n) is 2.34. The summed E-state index contributed by atoms with van der Waals surface area (Å²) in [7, 11) is 0. The van der Waals surface area contributed by atoms with Gasteiger partial charge in [-0.05, 0) is 42.9 Å². The Morgan fingerprint density at radius 2 is 1.70 bits per heavy atom. The molecule has 0 fully saturated rings. The van der Waals surface area contributed by atoms with Crippen molar-refractivity contribution in [3.63, 3.8) is 0 Å². The fourth-order valence-corrected chi connectivity index (χ4v) is 2.34. The predicted molar refractivity (Wildman–Crippen MR) is 74.3 cm³/mol. The highest BCUT2D eigenvalue weighted by atomic mass is 19.4. The lowest BCUT2D eigenvalue weighted by Crippen LogP contribution is -2.26. The van der Waals surface area contributed by atoms with Gasteiger partial charge in [-0.2, -0.15) is 13.2 Å². The molecule has 0 spiro atoms. The summed E-state index contributed by atoms with van der Waals surface area (Å²) in [6.07, 6.45) is -1.90. The second-order valence-electron chi connectivity index (χ2n) is 5.79. The van der Waals surface area contributed by atoms with Gasteiger partial charge in [0.25, 0.3) is 0 Å². The molecule has 0 bridgehead atoms. The van der Waals surface area contributed by atoms with Crippen LogP contribution in [0.2, 0.25) is 0 Å². The van der Waals surface area contributed by atoms with Gasteiger partial charge in [-0.3, -0.25) is 0 Å². The summed E-state index contributed by atoms with van der Waals surface area (Å²) < 4.78 is 38.3. The van der Waals surface area contributed by atoms with E-state index in [0.29, 0.717) is 24.3 Å². The Balaban J connectivity index is 3.08. The first-order valence-electron chi connectivity index (χ1n) is 7.09. The summed E-state index contributed by atoms with van der Waals surface area (Å²) in [5.74, 6) is 0.407. The van der Waals surface area contributed by atoms with Gasteiger partial charge in [0.2, 0.25) is 0 Å². The van der Waals surface area contributed by atoms with Crippen LogP contribution in [0.4, 0.5) is 13.2 Å². The molecule has 1 rings (SSSR count). The minimum Gasteiger partial charge on any atom is -0.385 e. The molecule has 1 aromatic carbocycles. The van der Waals surface area contributed by atoms with Crippen LogP contribution < -0.4 is 0 Å². The lowest BCUT2D eigenvalue weighted by molar-refractivity contribution is -0.137. The average Bonchev–Trinajstić information content (AvgIpc) is 2.36. The molecule has 0 saturated heterocycles. The third-order valence-corrected chi connectivity index (χ3v) is 3.53. The zero-order valence-corrected chi connectivity index (χ0v) is 12.3. The minimum absolute atomic E-state index is 0.370. The number of alkyl halides is 3. The number of benzene rings is 1. The van der Waals surface area contributed by atoms with E-state index in [1.54, 1.807) is 6.07 Å². The van der Waals surface area contributed by atoms with E-state index in [4.69, 9.17) is 0 Å². The largest absolute Gasteiger partial charge is 0.416 e. The average molecular weight is 288 g/mol. The smallest absolute Gasteiger partial charge is 0.385 e. The first-order chi connectivity index (χ1) is 9.19. The Hall–Kier alpha value is -1.03. The number of aliphatic hydroxyl groups is 1. The Morgan fingerprint density at radius 1 is 1.10 bits per heavy atom. The van der Waals surface area contributed by atoms with Crippen molar-refractivity contribution in [2.24, 2.45) is 5.92 Å². The van der Waals surface area contributed by atoms with Crippen LogP contribution in [0.3, 0.4) is 0 Å². The maximum absolute atomic E-state index is 12.8. The van der Waals surface area contributed by atoms with Crippen molar-refractivity contribution in [3.8, 4) is 0 Å². The van der Waals surface area contributed by atoms with Crippen LogP contribution in [0.1, 0.15) is 57.6 Å². The van der Waals surface area contributed by atoms with Gasteiger partial charge in [0, 0.05) is 0 Å². The molecule has 0 aliphatic heterocycles. The molecule has 0 radical (unpaired) electrons. The van der Waals surface area contributed by atoms with Crippen LogP contribution in [-0.2, 0) is 11.8 Å². The third-order valence-electron chi connectivity index (χ3n) is 3.53. The van der Waals surface area contributed by atoms with Crippen LogP contribution in [0.15, 0.2) is 24.3 Å². The SMILES string of the molecule is CCCC(O)(CCC(C)C)c1cccc(C(F)(F)F)c1. The molecule has 0 aliphatic rings. The molecule has 1 nitrogen and oxygen atoms in total. The van der Waals surface area contributed by atoms with Crippen LogP contribution in [0.5, 0.6) is 0 Å².